The number of carbonyl (C=O) groups excluding carboxylic acids is 1. The number of sulfonamides is 1. The van der Waals surface area contributed by atoms with Crippen molar-refractivity contribution in [2.75, 3.05) is 6.54 Å². The lowest BCUT2D eigenvalue weighted by Crippen LogP contribution is -2.37. The predicted molar refractivity (Wildman–Crippen MR) is 104 cm³/mol. The van der Waals surface area contributed by atoms with Gasteiger partial charge in [0.2, 0.25) is 0 Å². The van der Waals surface area contributed by atoms with E-state index in [-0.39, 0.29) is 22.6 Å². The Hall–Kier alpha value is -2.26. The van der Waals surface area contributed by atoms with E-state index in [1.807, 2.05) is 0 Å². The second-order valence-electron chi connectivity index (χ2n) is 5.75. The van der Waals surface area contributed by atoms with Crippen LogP contribution in [0.2, 0.25) is 0 Å². The van der Waals surface area contributed by atoms with Gasteiger partial charge in [0, 0.05) is 6.54 Å². The molecule has 0 atom stereocenters. The standard InChI is InChI=1S/C19H18F3NO3S2/c1-3-23(28(25,26)16-11-9-14(2)10-12-16)18(24)17(13-27-19(20,21)22)15-7-5-4-6-8-15/h4-13H,3H2,1-2H3. The molecule has 0 radical (unpaired) electrons. The van der Waals surface area contributed by atoms with Crippen molar-refractivity contribution in [3.63, 3.8) is 0 Å². The van der Waals surface area contributed by atoms with Crippen LogP contribution in [0.15, 0.2) is 64.9 Å². The second kappa shape index (κ2) is 8.83. The quantitative estimate of drug-likeness (QED) is 0.618. The molecule has 0 bridgehead atoms. The number of benzene rings is 2. The Morgan fingerprint density at radius 3 is 2.14 bits per heavy atom. The van der Waals surface area contributed by atoms with Crippen molar-refractivity contribution in [2.45, 2.75) is 24.3 Å². The summed E-state index contributed by atoms with van der Waals surface area (Å²) in [7, 11) is -4.22. The molecule has 0 saturated heterocycles. The lowest BCUT2D eigenvalue weighted by molar-refractivity contribution is -0.120. The lowest BCUT2D eigenvalue weighted by atomic mass is 10.1. The first-order chi connectivity index (χ1) is 13.1. The third-order valence-electron chi connectivity index (χ3n) is 3.75. The fourth-order valence-electron chi connectivity index (χ4n) is 2.38. The fourth-order valence-corrected chi connectivity index (χ4v) is 4.26. The summed E-state index contributed by atoms with van der Waals surface area (Å²) in [6.07, 6.45) is 0. The minimum Gasteiger partial charge on any atom is -0.268 e. The SMILES string of the molecule is CCN(C(=O)C(=CSC(F)(F)F)c1ccccc1)S(=O)(=O)c1ccc(C)cc1. The van der Waals surface area contributed by atoms with Crippen LogP contribution < -0.4 is 0 Å². The van der Waals surface area contributed by atoms with Gasteiger partial charge in [-0.05, 0) is 48.7 Å². The Labute approximate surface area is 166 Å². The molecule has 0 fully saturated rings. The van der Waals surface area contributed by atoms with Crippen molar-refractivity contribution in [3.8, 4) is 0 Å². The van der Waals surface area contributed by atoms with Crippen molar-refractivity contribution in [2.24, 2.45) is 0 Å². The number of hydrogen-bond donors (Lipinski definition) is 0. The largest absolute Gasteiger partial charge is 0.445 e. The van der Waals surface area contributed by atoms with Crippen LogP contribution in [-0.4, -0.2) is 30.7 Å². The third kappa shape index (κ3) is 5.39. The maximum atomic E-state index is 13.0. The molecule has 0 N–H and O–H groups in total. The minimum absolute atomic E-state index is 0.107. The second-order valence-corrected chi connectivity index (χ2v) is 8.55. The Bertz CT molecular complexity index is 954. The maximum Gasteiger partial charge on any atom is 0.445 e. The number of likely N-dealkylation sites (N-methyl/N-ethyl adjacent to an activating group) is 1. The van der Waals surface area contributed by atoms with E-state index in [0.717, 1.165) is 5.56 Å². The van der Waals surface area contributed by atoms with Gasteiger partial charge in [0.15, 0.2) is 0 Å². The summed E-state index contributed by atoms with van der Waals surface area (Å²) in [5.41, 5.74) is -3.92. The number of carbonyl (C=O) groups is 1. The first-order valence-corrected chi connectivity index (χ1v) is 10.5. The maximum absolute atomic E-state index is 13.0. The Kier molecular flexibility index (Phi) is 6.95. The van der Waals surface area contributed by atoms with Gasteiger partial charge in [-0.15, -0.1) is 0 Å². The number of nitrogens with zero attached hydrogens (tertiary/aromatic N) is 1. The highest BCUT2D eigenvalue weighted by atomic mass is 32.2. The summed E-state index contributed by atoms with van der Waals surface area (Å²) in [5, 5.41) is 0.644. The van der Waals surface area contributed by atoms with Crippen molar-refractivity contribution in [1.29, 1.82) is 0 Å². The number of thioether (sulfide) groups is 1. The number of hydrogen-bond acceptors (Lipinski definition) is 4. The zero-order chi connectivity index (χ0) is 20.9. The summed E-state index contributed by atoms with van der Waals surface area (Å²) in [5.74, 6) is -1.02. The molecule has 0 heterocycles. The first-order valence-electron chi connectivity index (χ1n) is 8.20. The molecule has 0 saturated carbocycles. The van der Waals surface area contributed by atoms with E-state index in [2.05, 4.69) is 0 Å². The van der Waals surface area contributed by atoms with Crippen molar-refractivity contribution >= 4 is 33.3 Å². The van der Waals surface area contributed by atoms with E-state index in [9.17, 15) is 26.4 Å². The summed E-state index contributed by atoms with van der Waals surface area (Å²) >= 11 is -0.503. The Morgan fingerprint density at radius 1 is 1.07 bits per heavy atom. The summed E-state index contributed by atoms with van der Waals surface area (Å²) in [6.45, 7) is 3.00. The molecule has 0 aliphatic heterocycles. The van der Waals surface area contributed by atoms with Gasteiger partial charge in [-0.2, -0.15) is 13.2 Å². The van der Waals surface area contributed by atoms with Crippen LogP contribution in [0.5, 0.6) is 0 Å². The number of amides is 1. The van der Waals surface area contributed by atoms with Crippen molar-refractivity contribution in [1.82, 2.24) is 4.31 Å². The molecular formula is C19H18F3NO3S2. The van der Waals surface area contributed by atoms with Crippen LogP contribution in [0.1, 0.15) is 18.1 Å². The Balaban J connectivity index is 2.50. The monoisotopic (exact) mass is 429 g/mol. The highest BCUT2D eigenvalue weighted by Gasteiger charge is 2.33. The molecule has 0 aromatic heterocycles. The third-order valence-corrected chi connectivity index (χ3v) is 6.24. The molecule has 0 aliphatic carbocycles. The van der Waals surface area contributed by atoms with Gasteiger partial charge in [0.25, 0.3) is 15.9 Å². The van der Waals surface area contributed by atoms with Crippen LogP contribution in [0, 0.1) is 6.92 Å². The molecular weight excluding hydrogens is 411 g/mol. The molecule has 150 valence electrons. The zero-order valence-corrected chi connectivity index (χ0v) is 16.7. The van der Waals surface area contributed by atoms with Gasteiger partial charge in [-0.25, -0.2) is 12.7 Å². The van der Waals surface area contributed by atoms with Gasteiger partial charge in [0.1, 0.15) is 0 Å². The molecule has 1 amide bonds. The van der Waals surface area contributed by atoms with E-state index in [1.165, 1.54) is 31.2 Å². The summed E-state index contributed by atoms with van der Waals surface area (Å²) in [6, 6.07) is 13.5. The van der Waals surface area contributed by atoms with Gasteiger partial charge in [-0.3, -0.25) is 4.79 Å². The van der Waals surface area contributed by atoms with Crippen LogP contribution in [0.25, 0.3) is 5.57 Å². The molecule has 0 spiro atoms. The Morgan fingerprint density at radius 2 is 1.64 bits per heavy atom. The van der Waals surface area contributed by atoms with E-state index in [4.69, 9.17) is 0 Å². The molecule has 4 nitrogen and oxygen atoms in total. The summed E-state index contributed by atoms with van der Waals surface area (Å²) in [4.78, 5) is 12.9. The molecule has 9 heteroatoms. The lowest BCUT2D eigenvalue weighted by Gasteiger charge is -2.22. The molecule has 2 rings (SSSR count). The predicted octanol–water partition coefficient (Wildman–Crippen LogP) is 4.83. The number of halogens is 3. The van der Waals surface area contributed by atoms with E-state index < -0.39 is 33.2 Å². The average molecular weight is 429 g/mol. The smallest absolute Gasteiger partial charge is 0.268 e. The number of alkyl halides is 3. The number of aryl methyl sites for hydroxylation is 1. The van der Waals surface area contributed by atoms with Crippen LogP contribution in [0.3, 0.4) is 0 Å². The van der Waals surface area contributed by atoms with E-state index in [1.54, 1.807) is 37.3 Å². The average Bonchev–Trinajstić information content (AvgIpc) is 2.62. The van der Waals surface area contributed by atoms with Crippen molar-refractivity contribution < 1.29 is 26.4 Å². The van der Waals surface area contributed by atoms with Crippen molar-refractivity contribution in [3.05, 3.63) is 71.1 Å². The van der Waals surface area contributed by atoms with E-state index in [0.29, 0.717) is 9.71 Å². The van der Waals surface area contributed by atoms with Gasteiger partial charge in [-0.1, -0.05) is 48.0 Å². The van der Waals surface area contributed by atoms with Gasteiger partial charge >= 0.3 is 5.51 Å². The highest BCUT2D eigenvalue weighted by molar-refractivity contribution is 8.03. The topological polar surface area (TPSA) is 54.5 Å². The molecule has 0 aliphatic rings. The van der Waals surface area contributed by atoms with Crippen LogP contribution >= 0.6 is 11.8 Å². The van der Waals surface area contributed by atoms with Gasteiger partial charge in [0.05, 0.1) is 10.5 Å². The normalized spacial score (nSPS) is 12.7. The molecule has 0 unspecified atom stereocenters. The van der Waals surface area contributed by atoms with Crippen LogP contribution in [-0.2, 0) is 14.8 Å². The molecule has 2 aromatic carbocycles. The highest BCUT2D eigenvalue weighted by Crippen LogP contribution is 2.34. The van der Waals surface area contributed by atoms with Crippen LogP contribution in [0.4, 0.5) is 13.2 Å². The van der Waals surface area contributed by atoms with Gasteiger partial charge < -0.3 is 0 Å². The van der Waals surface area contributed by atoms with E-state index >= 15 is 0 Å². The first kappa shape index (κ1) is 22.0. The fraction of sp³-hybridized carbons (Fsp3) is 0.211. The number of rotatable bonds is 6. The minimum atomic E-state index is -4.60. The molecule has 28 heavy (non-hydrogen) atoms. The zero-order valence-electron chi connectivity index (χ0n) is 15.1. The molecule has 2 aromatic rings. The summed E-state index contributed by atoms with van der Waals surface area (Å²) < 4.78 is 64.5.